The molecule has 4 nitrogen and oxygen atoms in total. The van der Waals surface area contributed by atoms with Crippen molar-refractivity contribution in [2.24, 2.45) is 0 Å². The van der Waals surface area contributed by atoms with Crippen LogP contribution in [0.3, 0.4) is 0 Å². The fourth-order valence-corrected chi connectivity index (χ4v) is 6.19. The van der Waals surface area contributed by atoms with Gasteiger partial charge in [-0.2, -0.15) is 0 Å². The summed E-state index contributed by atoms with van der Waals surface area (Å²) in [6.45, 7) is 0. The van der Waals surface area contributed by atoms with Crippen molar-refractivity contribution in [3.05, 3.63) is 107 Å². The lowest BCUT2D eigenvalue weighted by molar-refractivity contribution is -0.115. The quantitative estimate of drug-likeness (QED) is 0.382. The molecule has 4 aromatic rings. The van der Waals surface area contributed by atoms with Crippen molar-refractivity contribution in [3.63, 3.8) is 0 Å². The number of thioether (sulfide) groups is 1. The minimum Gasteiger partial charge on any atom is -0.322 e. The molecule has 2 amide bonds. The van der Waals surface area contributed by atoms with Gasteiger partial charge in [0.1, 0.15) is 5.37 Å². The maximum Gasteiger partial charge on any atom is 0.256 e. The highest BCUT2D eigenvalue weighted by atomic mass is 32.2. The fourth-order valence-electron chi connectivity index (χ4n) is 5.01. The molecule has 0 bridgehead atoms. The molecule has 0 radical (unpaired) electrons. The molecular weight excluding hydrogens is 440 g/mol. The van der Waals surface area contributed by atoms with Crippen LogP contribution in [0.4, 0.5) is 11.4 Å². The maximum atomic E-state index is 13.0. The Morgan fingerprint density at radius 1 is 0.882 bits per heavy atom. The van der Waals surface area contributed by atoms with E-state index in [1.165, 1.54) is 17.5 Å². The third-order valence-corrected chi connectivity index (χ3v) is 7.93. The van der Waals surface area contributed by atoms with Gasteiger partial charge in [0.05, 0.1) is 5.75 Å². The zero-order valence-corrected chi connectivity index (χ0v) is 19.5. The molecule has 34 heavy (non-hydrogen) atoms. The van der Waals surface area contributed by atoms with Gasteiger partial charge in [0.25, 0.3) is 5.91 Å². The summed E-state index contributed by atoms with van der Waals surface area (Å²) in [4.78, 5) is 27.7. The number of nitrogens with one attached hydrogen (secondary N) is 1. The molecule has 1 unspecified atom stereocenters. The van der Waals surface area contributed by atoms with Gasteiger partial charge in [-0.3, -0.25) is 14.5 Å². The number of fused-ring (bicyclic) bond motifs is 2. The monoisotopic (exact) mass is 464 g/mol. The van der Waals surface area contributed by atoms with Gasteiger partial charge in [-0.25, -0.2) is 0 Å². The smallest absolute Gasteiger partial charge is 0.256 e. The molecule has 1 aliphatic heterocycles. The van der Waals surface area contributed by atoms with E-state index in [9.17, 15) is 9.59 Å². The second-order valence-electron chi connectivity index (χ2n) is 8.84. The number of nitrogens with zero attached hydrogens (tertiary/aromatic N) is 1. The number of carbonyl (C=O) groups is 2. The molecule has 1 saturated heterocycles. The Labute approximate surface area is 203 Å². The summed E-state index contributed by atoms with van der Waals surface area (Å²) in [6.07, 6.45) is 3.42. The molecular formula is C29H24N2O2S. The number of hydrogen-bond acceptors (Lipinski definition) is 3. The topological polar surface area (TPSA) is 49.4 Å². The normalized spacial score (nSPS) is 17.2. The number of aryl methyl sites for hydroxylation is 2. The van der Waals surface area contributed by atoms with Crippen LogP contribution in [0.25, 0.3) is 10.8 Å². The van der Waals surface area contributed by atoms with E-state index in [1.807, 2.05) is 71.6 Å². The lowest BCUT2D eigenvalue weighted by atomic mass is 10.0. The summed E-state index contributed by atoms with van der Waals surface area (Å²) in [5, 5.41) is 4.94. The van der Waals surface area contributed by atoms with Crippen molar-refractivity contribution >= 4 is 45.7 Å². The van der Waals surface area contributed by atoms with Crippen LogP contribution in [-0.4, -0.2) is 17.6 Å². The Morgan fingerprint density at radius 3 is 2.56 bits per heavy atom. The molecule has 168 valence electrons. The van der Waals surface area contributed by atoms with Crippen molar-refractivity contribution in [1.29, 1.82) is 0 Å². The molecule has 1 N–H and O–H groups in total. The average Bonchev–Trinajstić information content (AvgIpc) is 3.50. The van der Waals surface area contributed by atoms with E-state index in [1.54, 1.807) is 11.8 Å². The molecule has 1 fully saturated rings. The van der Waals surface area contributed by atoms with Crippen molar-refractivity contribution in [1.82, 2.24) is 0 Å². The molecule has 0 spiro atoms. The highest BCUT2D eigenvalue weighted by Crippen LogP contribution is 2.43. The third kappa shape index (κ3) is 3.76. The largest absolute Gasteiger partial charge is 0.322 e. The van der Waals surface area contributed by atoms with E-state index in [0.29, 0.717) is 11.3 Å². The van der Waals surface area contributed by atoms with Crippen LogP contribution in [0.15, 0.2) is 84.9 Å². The van der Waals surface area contributed by atoms with Crippen LogP contribution in [-0.2, 0) is 17.6 Å². The minimum atomic E-state index is -0.130. The first-order chi connectivity index (χ1) is 16.7. The zero-order chi connectivity index (χ0) is 23.1. The fraction of sp³-hybridized carbons (Fsp3) is 0.172. The molecule has 0 saturated carbocycles. The van der Waals surface area contributed by atoms with Crippen molar-refractivity contribution < 1.29 is 9.59 Å². The first-order valence-corrected chi connectivity index (χ1v) is 12.7. The van der Waals surface area contributed by atoms with Crippen LogP contribution in [0.5, 0.6) is 0 Å². The van der Waals surface area contributed by atoms with Crippen LogP contribution in [0, 0.1) is 0 Å². The van der Waals surface area contributed by atoms with Gasteiger partial charge in [0.15, 0.2) is 0 Å². The second-order valence-corrected chi connectivity index (χ2v) is 9.91. The second kappa shape index (κ2) is 8.65. The van der Waals surface area contributed by atoms with Crippen LogP contribution in [0.1, 0.15) is 38.8 Å². The van der Waals surface area contributed by atoms with E-state index in [4.69, 9.17) is 0 Å². The summed E-state index contributed by atoms with van der Waals surface area (Å²) in [6, 6.07) is 28.0. The molecule has 1 heterocycles. The SMILES string of the molecule is O=C(Nc1ccc(C2SCC(=O)N2c2ccc3c(c2)CCC3)cc1)c1cccc2ccccc12. The highest BCUT2D eigenvalue weighted by Gasteiger charge is 2.34. The Balaban J connectivity index is 1.23. The number of carbonyl (C=O) groups excluding carboxylic acids is 2. The van der Waals surface area contributed by atoms with Gasteiger partial charge in [-0.1, -0.05) is 54.6 Å². The van der Waals surface area contributed by atoms with Gasteiger partial charge in [-0.05, 0) is 77.1 Å². The average molecular weight is 465 g/mol. The van der Waals surface area contributed by atoms with Crippen LogP contribution >= 0.6 is 11.8 Å². The van der Waals surface area contributed by atoms with Gasteiger partial charge >= 0.3 is 0 Å². The minimum absolute atomic E-state index is 0.0604. The predicted octanol–water partition coefficient (Wildman–Crippen LogP) is 6.36. The first-order valence-electron chi connectivity index (χ1n) is 11.6. The van der Waals surface area contributed by atoms with E-state index in [-0.39, 0.29) is 17.2 Å². The van der Waals surface area contributed by atoms with Gasteiger partial charge < -0.3 is 5.32 Å². The zero-order valence-electron chi connectivity index (χ0n) is 18.7. The van der Waals surface area contributed by atoms with Gasteiger partial charge in [0, 0.05) is 16.9 Å². The first kappa shape index (κ1) is 21.0. The lowest BCUT2D eigenvalue weighted by Gasteiger charge is -2.25. The van der Waals surface area contributed by atoms with Gasteiger partial charge in [0.2, 0.25) is 5.91 Å². The Kier molecular flexibility index (Phi) is 5.34. The summed E-state index contributed by atoms with van der Waals surface area (Å²) < 4.78 is 0. The molecule has 2 aliphatic rings. The number of amides is 2. The van der Waals surface area contributed by atoms with E-state index in [2.05, 4.69) is 23.5 Å². The predicted molar refractivity (Wildman–Crippen MR) is 139 cm³/mol. The molecule has 6 rings (SSSR count). The van der Waals surface area contributed by atoms with Crippen molar-refractivity contribution in [2.45, 2.75) is 24.6 Å². The summed E-state index contributed by atoms with van der Waals surface area (Å²) in [7, 11) is 0. The number of rotatable bonds is 4. The number of anilines is 2. The molecule has 1 aliphatic carbocycles. The van der Waals surface area contributed by atoms with Crippen molar-refractivity contribution in [2.75, 3.05) is 16.0 Å². The Morgan fingerprint density at radius 2 is 1.68 bits per heavy atom. The van der Waals surface area contributed by atoms with Gasteiger partial charge in [-0.15, -0.1) is 11.8 Å². The lowest BCUT2D eigenvalue weighted by Crippen LogP contribution is -2.27. The maximum absolute atomic E-state index is 13.0. The Bertz CT molecular complexity index is 1410. The van der Waals surface area contributed by atoms with Crippen LogP contribution in [0.2, 0.25) is 0 Å². The third-order valence-electron chi connectivity index (χ3n) is 6.72. The molecule has 0 aromatic heterocycles. The standard InChI is InChI=1S/C29H24N2O2S/c32-27-18-34-29(31(27)24-16-13-19-6-3-8-22(19)17-24)21-11-14-23(15-12-21)30-28(33)26-10-4-7-20-5-1-2-9-25(20)26/h1-2,4-5,7,9-17,29H,3,6,8,18H2,(H,30,33). The molecule has 1 atom stereocenters. The highest BCUT2D eigenvalue weighted by molar-refractivity contribution is 8.00. The van der Waals surface area contributed by atoms with Crippen LogP contribution < -0.4 is 10.2 Å². The summed E-state index contributed by atoms with van der Waals surface area (Å²) >= 11 is 1.65. The van der Waals surface area contributed by atoms with E-state index < -0.39 is 0 Å². The van der Waals surface area contributed by atoms with Crippen molar-refractivity contribution in [3.8, 4) is 0 Å². The van der Waals surface area contributed by atoms with E-state index >= 15 is 0 Å². The summed E-state index contributed by atoms with van der Waals surface area (Å²) in [5.41, 5.74) is 6.20. The number of benzene rings is 4. The van der Waals surface area contributed by atoms with E-state index in [0.717, 1.165) is 40.6 Å². The summed E-state index contributed by atoms with van der Waals surface area (Å²) in [5.74, 6) is 0.484. The molecule has 4 aromatic carbocycles. The Hall–Kier alpha value is -3.57. The molecule has 5 heteroatoms. The number of hydrogen-bond donors (Lipinski definition) is 1.